The first-order valence-corrected chi connectivity index (χ1v) is 12.0. The molecule has 1 aromatic carbocycles. The molecule has 172 valence electrons. The van der Waals surface area contributed by atoms with E-state index < -0.39 is 5.54 Å². The van der Waals surface area contributed by atoms with E-state index in [9.17, 15) is 14.4 Å². The Morgan fingerprint density at radius 2 is 1.94 bits per heavy atom. The number of aryl methyl sites for hydroxylation is 1. The predicted molar refractivity (Wildman–Crippen MR) is 128 cm³/mol. The van der Waals surface area contributed by atoms with Crippen LogP contribution in [0, 0.1) is 5.92 Å². The van der Waals surface area contributed by atoms with Crippen LogP contribution in [-0.4, -0.2) is 33.0 Å². The molecule has 2 fully saturated rings. The Bertz CT molecular complexity index is 1290. The monoisotopic (exact) mass is 454 g/mol. The van der Waals surface area contributed by atoms with Gasteiger partial charge >= 0.3 is 0 Å². The number of para-hydroxylation sites is 1. The minimum absolute atomic E-state index is 0.0336. The lowest BCUT2D eigenvalue weighted by Crippen LogP contribution is -2.40. The van der Waals surface area contributed by atoms with E-state index in [4.69, 9.17) is 0 Å². The Morgan fingerprint density at radius 3 is 2.65 bits per heavy atom. The highest BCUT2D eigenvalue weighted by Crippen LogP contribution is 2.52. The van der Waals surface area contributed by atoms with Crippen LogP contribution >= 0.6 is 0 Å². The average molecular weight is 455 g/mol. The fourth-order valence-corrected chi connectivity index (χ4v) is 5.08. The van der Waals surface area contributed by atoms with E-state index in [-0.39, 0.29) is 17.6 Å². The number of benzene rings is 1. The van der Waals surface area contributed by atoms with Gasteiger partial charge in [-0.3, -0.25) is 24.3 Å². The van der Waals surface area contributed by atoms with Crippen molar-refractivity contribution in [1.29, 1.82) is 0 Å². The summed E-state index contributed by atoms with van der Waals surface area (Å²) in [5.41, 5.74) is 5.11. The van der Waals surface area contributed by atoms with Crippen molar-refractivity contribution in [2.45, 2.75) is 50.5 Å². The van der Waals surface area contributed by atoms with Gasteiger partial charge in [-0.1, -0.05) is 18.2 Å². The van der Waals surface area contributed by atoms with Crippen LogP contribution in [0.2, 0.25) is 0 Å². The molecular weight excluding hydrogens is 428 g/mol. The Balaban J connectivity index is 1.42. The second kappa shape index (κ2) is 7.94. The van der Waals surface area contributed by atoms with Crippen LogP contribution in [0.3, 0.4) is 0 Å². The molecule has 0 radical (unpaired) electrons. The van der Waals surface area contributed by atoms with Gasteiger partial charge in [-0.25, -0.2) is 0 Å². The summed E-state index contributed by atoms with van der Waals surface area (Å²) in [7, 11) is 0. The summed E-state index contributed by atoms with van der Waals surface area (Å²) in [6.07, 6.45) is 7.73. The first-order valence-electron chi connectivity index (χ1n) is 12.0. The third-order valence-electron chi connectivity index (χ3n) is 7.21. The summed E-state index contributed by atoms with van der Waals surface area (Å²) in [6, 6.07) is 13.7. The summed E-state index contributed by atoms with van der Waals surface area (Å²) in [6.45, 7) is 0. The molecule has 7 nitrogen and oxygen atoms in total. The normalized spacial score (nSPS) is 18.2. The van der Waals surface area contributed by atoms with Crippen molar-refractivity contribution in [2.75, 3.05) is 5.32 Å². The van der Waals surface area contributed by atoms with Gasteiger partial charge < -0.3 is 10.3 Å². The van der Waals surface area contributed by atoms with Crippen molar-refractivity contribution in [3.05, 3.63) is 65.6 Å². The summed E-state index contributed by atoms with van der Waals surface area (Å²) < 4.78 is 0. The van der Waals surface area contributed by atoms with Crippen molar-refractivity contribution in [3.8, 4) is 11.3 Å². The predicted octanol–water partition coefficient (Wildman–Crippen LogP) is 4.72. The zero-order chi connectivity index (χ0) is 23.3. The molecule has 6 rings (SSSR count). The number of nitrogens with one attached hydrogen (secondary N) is 2. The first-order chi connectivity index (χ1) is 16.6. The van der Waals surface area contributed by atoms with Crippen LogP contribution in [0.25, 0.3) is 11.3 Å². The summed E-state index contributed by atoms with van der Waals surface area (Å²) in [5.74, 6) is 0.0121. The third kappa shape index (κ3) is 3.43. The standard InChI is InChI=1S/C27H26N4O3/c32-16-31(26(34)17-9-10-17)27(12-13-27)22-15-18(11-14-28-22)24-25(29-19-5-2-1-3-6-19)23-20(30-24)7-4-8-21(23)33/h1-3,5-6,11,14-17,29-30H,4,7-10,12-13H2. The number of hydrogen-bond acceptors (Lipinski definition) is 5. The molecule has 3 aliphatic carbocycles. The fraction of sp³-hybridized carbons (Fsp3) is 0.333. The molecule has 2 saturated carbocycles. The number of Topliss-reactive ketones (excluding diaryl/α,β-unsaturated/α-hetero) is 1. The van der Waals surface area contributed by atoms with Crippen LogP contribution in [0.15, 0.2) is 48.7 Å². The molecule has 0 unspecified atom stereocenters. The maximum Gasteiger partial charge on any atom is 0.232 e. The Kier molecular flexibility index (Phi) is 4.86. The molecule has 7 heteroatoms. The number of anilines is 2. The lowest BCUT2D eigenvalue weighted by Gasteiger charge is -2.26. The Hall–Kier alpha value is -3.74. The van der Waals surface area contributed by atoms with Crippen molar-refractivity contribution >= 4 is 29.5 Å². The van der Waals surface area contributed by atoms with E-state index in [2.05, 4.69) is 15.3 Å². The maximum atomic E-state index is 12.9. The number of pyridine rings is 1. The summed E-state index contributed by atoms with van der Waals surface area (Å²) >= 11 is 0. The highest BCUT2D eigenvalue weighted by atomic mass is 16.2. The molecule has 34 heavy (non-hydrogen) atoms. The maximum absolute atomic E-state index is 12.9. The number of fused-ring (bicyclic) bond motifs is 1. The lowest BCUT2D eigenvalue weighted by atomic mass is 9.94. The number of amides is 2. The minimum Gasteiger partial charge on any atom is -0.356 e. The molecule has 0 aliphatic heterocycles. The molecule has 2 heterocycles. The highest BCUT2D eigenvalue weighted by molar-refractivity contribution is 6.07. The molecule has 2 aromatic heterocycles. The number of hydrogen-bond donors (Lipinski definition) is 2. The van der Waals surface area contributed by atoms with Gasteiger partial charge in [0.05, 0.1) is 28.2 Å². The first kappa shape index (κ1) is 20.8. The van der Waals surface area contributed by atoms with E-state index in [0.717, 1.165) is 78.1 Å². The van der Waals surface area contributed by atoms with Gasteiger partial charge in [-0.15, -0.1) is 0 Å². The van der Waals surface area contributed by atoms with Gasteiger partial charge in [0.1, 0.15) is 0 Å². The number of aromatic nitrogens is 2. The van der Waals surface area contributed by atoms with Gasteiger partial charge in [0.2, 0.25) is 12.3 Å². The molecule has 2 amide bonds. The molecule has 0 saturated heterocycles. The van der Waals surface area contributed by atoms with Crippen molar-refractivity contribution in [3.63, 3.8) is 0 Å². The lowest BCUT2D eigenvalue weighted by molar-refractivity contribution is -0.143. The number of aromatic amines is 1. The molecule has 2 N–H and O–H groups in total. The zero-order valence-corrected chi connectivity index (χ0v) is 18.8. The van der Waals surface area contributed by atoms with E-state index in [0.29, 0.717) is 12.8 Å². The van der Waals surface area contributed by atoms with Gasteiger partial charge in [0, 0.05) is 35.5 Å². The van der Waals surface area contributed by atoms with E-state index in [1.807, 2.05) is 42.5 Å². The van der Waals surface area contributed by atoms with E-state index in [1.165, 1.54) is 4.90 Å². The van der Waals surface area contributed by atoms with Crippen LogP contribution < -0.4 is 5.32 Å². The number of carbonyl (C=O) groups excluding carboxylic acids is 3. The van der Waals surface area contributed by atoms with Gasteiger partial charge in [-0.2, -0.15) is 0 Å². The quantitative estimate of drug-likeness (QED) is 0.504. The van der Waals surface area contributed by atoms with Crippen LogP contribution in [0.4, 0.5) is 11.4 Å². The van der Waals surface area contributed by atoms with E-state index in [1.54, 1.807) is 6.20 Å². The number of nitrogens with zero attached hydrogens (tertiary/aromatic N) is 2. The molecule has 0 spiro atoms. The molecule has 3 aromatic rings. The molecular formula is C27H26N4O3. The SMILES string of the molecule is O=CN(C(=O)C1CC1)C1(c2cc(-c3[nH]c4c(c3Nc3ccccc3)C(=O)CCC4)ccn2)CC1. The molecule has 3 aliphatic rings. The second-order valence-corrected chi connectivity index (χ2v) is 9.55. The number of H-pyrrole nitrogens is 1. The van der Waals surface area contributed by atoms with E-state index >= 15 is 0 Å². The zero-order valence-electron chi connectivity index (χ0n) is 18.8. The smallest absolute Gasteiger partial charge is 0.232 e. The molecule has 0 atom stereocenters. The van der Waals surface area contributed by atoms with Crippen LogP contribution in [0.1, 0.15) is 60.3 Å². The fourth-order valence-electron chi connectivity index (χ4n) is 5.08. The Labute approximate surface area is 197 Å². The summed E-state index contributed by atoms with van der Waals surface area (Å²) in [5, 5.41) is 3.47. The largest absolute Gasteiger partial charge is 0.356 e. The van der Waals surface area contributed by atoms with Crippen LogP contribution in [0.5, 0.6) is 0 Å². The van der Waals surface area contributed by atoms with Gasteiger partial charge in [0.25, 0.3) is 0 Å². The van der Waals surface area contributed by atoms with Gasteiger partial charge in [0.15, 0.2) is 5.78 Å². The van der Waals surface area contributed by atoms with Crippen molar-refractivity contribution in [1.82, 2.24) is 14.9 Å². The topological polar surface area (TPSA) is 95.2 Å². The minimum atomic E-state index is -0.660. The number of rotatable bonds is 7. The molecule has 0 bridgehead atoms. The van der Waals surface area contributed by atoms with Crippen molar-refractivity contribution < 1.29 is 14.4 Å². The number of imide groups is 1. The number of ketones is 1. The average Bonchev–Trinajstić information content (AvgIpc) is 3.79. The number of carbonyl (C=O) groups is 3. The third-order valence-corrected chi connectivity index (χ3v) is 7.21. The highest BCUT2D eigenvalue weighted by Gasteiger charge is 2.55. The van der Waals surface area contributed by atoms with Gasteiger partial charge in [-0.05, 0) is 62.8 Å². The van der Waals surface area contributed by atoms with Crippen LogP contribution in [-0.2, 0) is 21.5 Å². The summed E-state index contributed by atoms with van der Waals surface area (Å²) in [4.78, 5) is 47.1. The van der Waals surface area contributed by atoms with Crippen molar-refractivity contribution in [2.24, 2.45) is 5.92 Å². The second-order valence-electron chi connectivity index (χ2n) is 9.55. The Morgan fingerprint density at radius 1 is 1.15 bits per heavy atom.